The van der Waals surface area contributed by atoms with Gasteiger partial charge in [0.1, 0.15) is 0 Å². The van der Waals surface area contributed by atoms with Gasteiger partial charge >= 0.3 is 5.97 Å². The minimum Gasteiger partial charge on any atom is -0.481 e. The third kappa shape index (κ3) is 3.04. The lowest BCUT2D eigenvalue weighted by Crippen LogP contribution is -2.50. The molecule has 21 heavy (non-hydrogen) atoms. The van der Waals surface area contributed by atoms with Crippen LogP contribution < -0.4 is 5.32 Å². The summed E-state index contributed by atoms with van der Waals surface area (Å²) in [7, 11) is 0. The van der Waals surface area contributed by atoms with Crippen molar-refractivity contribution in [3.63, 3.8) is 0 Å². The second-order valence-electron chi connectivity index (χ2n) is 5.87. The zero-order chi connectivity index (χ0) is 15.8. The van der Waals surface area contributed by atoms with Crippen molar-refractivity contribution in [3.8, 4) is 0 Å². The summed E-state index contributed by atoms with van der Waals surface area (Å²) < 4.78 is 26.2. The first-order chi connectivity index (χ1) is 9.72. The van der Waals surface area contributed by atoms with Gasteiger partial charge in [-0.3, -0.25) is 9.59 Å². The molecule has 1 fully saturated rings. The van der Waals surface area contributed by atoms with E-state index in [1.807, 2.05) is 0 Å². The molecule has 0 heterocycles. The van der Waals surface area contributed by atoms with Crippen LogP contribution in [0.3, 0.4) is 0 Å². The van der Waals surface area contributed by atoms with E-state index >= 15 is 0 Å². The second-order valence-corrected chi connectivity index (χ2v) is 5.87. The first-order valence-corrected chi connectivity index (χ1v) is 6.73. The smallest absolute Gasteiger partial charge is 0.307 e. The largest absolute Gasteiger partial charge is 0.481 e. The predicted octanol–water partition coefficient (Wildman–Crippen LogP) is 2.43. The fourth-order valence-electron chi connectivity index (χ4n) is 2.47. The quantitative estimate of drug-likeness (QED) is 0.897. The molecule has 1 aromatic carbocycles. The highest BCUT2D eigenvalue weighted by Gasteiger charge is 2.42. The Balaban J connectivity index is 2.11. The van der Waals surface area contributed by atoms with E-state index in [-0.39, 0.29) is 5.91 Å². The Morgan fingerprint density at radius 2 is 1.81 bits per heavy atom. The number of hydrogen-bond donors (Lipinski definition) is 2. The first-order valence-electron chi connectivity index (χ1n) is 6.73. The lowest BCUT2D eigenvalue weighted by molar-refractivity contribution is -0.153. The maximum Gasteiger partial charge on any atom is 0.307 e. The predicted molar refractivity (Wildman–Crippen MR) is 71.4 cm³/mol. The number of nitrogens with one attached hydrogen (secondary N) is 1. The van der Waals surface area contributed by atoms with Gasteiger partial charge in [0.2, 0.25) is 5.91 Å². The molecule has 0 radical (unpaired) electrons. The Labute approximate surface area is 121 Å². The maximum atomic E-state index is 13.3. The molecule has 4 nitrogen and oxygen atoms in total. The molecule has 2 N–H and O–H groups in total. The van der Waals surface area contributed by atoms with Gasteiger partial charge in [-0.1, -0.05) is 6.07 Å². The van der Waals surface area contributed by atoms with Gasteiger partial charge in [0.25, 0.3) is 0 Å². The molecule has 0 aliphatic heterocycles. The van der Waals surface area contributed by atoms with E-state index in [0.29, 0.717) is 18.4 Å². The van der Waals surface area contributed by atoms with Gasteiger partial charge in [-0.2, -0.15) is 0 Å². The molecule has 2 atom stereocenters. The topological polar surface area (TPSA) is 66.4 Å². The summed E-state index contributed by atoms with van der Waals surface area (Å²) in [6, 6.07) is 3.43. The minimum absolute atomic E-state index is 0.372. The Hall–Kier alpha value is -1.98. The van der Waals surface area contributed by atoms with Crippen molar-refractivity contribution in [2.24, 2.45) is 11.8 Å². The van der Waals surface area contributed by atoms with E-state index in [0.717, 1.165) is 12.1 Å². The highest BCUT2D eigenvalue weighted by Crippen LogP contribution is 2.35. The molecule has 2 unspecified atom stereocenters. The molecule has 0 spiro atoms. The van der Waals surface area contributed by atoms with Crippen LogP contribution >= 0.6 is 0 Å². The van der Waals surface area contributed by atoms with Gasteiger partial charge in [0, 0.05) is 0 Å². The SMILES string of the molecule is CC(C)(NC(=O)C1CCC1C(=O)O)c1ccc(F)c(F)c1. The van der Waals surface area contributed by atoms with Gasteiger partial charge in [0.15, 0.2) is 11.6 Å². The zero-order valence-electron chi connectivity index (χ0n) is 11.8. The fourth-order valence-corrected chi connectivity index (χ4v) is 2.47. The summed E-state index contributed by atoms with van der Waals surface area (Å²) >= 11 is 0. The monoisotopic (exact) mass is 297 g/mol. The molecule has 0 bridgehead atoms. The van der Waals surface area contributed by atoms with Crippen LogP contribution in [0, 0.1) is 23.5 Å². The Kier molecular flexibility index (Phi) is 3.98. The number of carbonyl (C=O) groups excluding carboxylic acids is 1. The van der Waals surface area contributed by atoms with Crippen LogP contribution in [0.4, 0.5) is 8.78 Å². The number of aliphatic carboxylic acids is 1. The molecule has 114 valence electrons. The molecule has 1 aromatic rings. The third-order valence-corrected chi connectivity index (χ3v) is 4.01. The van der Waals surface area contributed by atoms with Crippen LogP contribution in [0.15, 0.2) is 18.2 Å². The Morgan fingerprint density at radius 1 is 1.19 bits per heavy atom. The molecule has 1 saturated carbocycles. The number of carboxylic acid groups (broad SMARTS) is 1. The highest BCUT2D eigenvalue weighted by molar-refractivity contribution is 5.86. The van der Waals surface area contributed by atoms with E-state index in [1.54, 1.807) is 13.8 Å². The van der Waals surface area contributed by atoms with Crippen molar-refractivity contribution in [2.75, 3.05) is 0 Å². The number of halogens is 2. The average Bonchev–Trinajstić information content (AvgIpc) is 2.29. The number of carbonyl (C=O) groups is 2. The van der Waals surface area contributed by atoms with Crippen molar-refractivity contribution in [1.82, 2.24) is 5.32 Å². The van der Waals surface area contributed by atoms with E-state index in [4.69, 9.17) is 5.11 Å². The third-order valence-electron chi connectivity index (χ3n) is 4.01. The molecule has 2 rings (SSSR count). The molecule has 6 heteroatoms. The lowest BCUT2D eigenvalue weighted by Gasteiger charge is -2.36. The molecule has 0 saturated heterocycles. The summed E-state index contributed by atoms with van der Waals surface area (Å²) in [5.74, 6) is -4.51. The van der Waals surface area contributed by atoms with Crippen LogP contribution in [0.2, 0.25) is 0 Å². The van der Waals surface area contributed by atoms with Crippen LogP contribution in [-0.2, 0) is 15.1 Å². The highest BCUT2D eigenvalue weighted by atomic mass is 19.2. The molecular weight excluding hydrogens is 280 g/mol. The van der Waals surface area contributed by atoms with E-state index in [1.165, 1.54) is 6.07 Å². The lowest BCUT2D eigenvalue weighted by atomic mass is 9.72. The minimum atomic E-state index is -0.984. The molecule has 0 aromatic heterocycles. The molecule has 1 aliphatic carbocycles. The molecular formula is C15H17F2NO3. The van der Waals surface area contributed by atoms with E-state index in [2.05, 4.69) is 5.32 Å². The Morgan fingerprint density at radius 3 is 2.29 bits per heavy atom. The van der Waals surface area contributed by atoms with Crippen LogP contribution in [0.1, 0.15) is 32.3 Å². The number of hydrogen-bond acceptors (Lipinski definition) is 2. The summed E-state index contributed by atoms with van der Waals surface area (Å²) in [5, 5.41) is 11.7. The number of benzene rings is 1. The molecule has 1 aliphatic rings. The van der Waals surface area contributed by atoms with Crippen molar-refractivity contribution in [2.45, 2.75) is 32.2 Å². The van der Waals surface area contributed by atoms with Crippen LogP contribution in [0.5, 0.6) is 0 Å². The summed E-state index contributed by atoms with van der Waals surface area (Å²) in [4.78, 5) is 23.1. The number of amides is 1. The van der Waals surface area contributed by atoms with Gasteiger partial charge in [0.05, 0.1) is 17.4 Å². The van der Waals surface area contributed by atoms with Crippen molar-refractivity contribution in [1.29, 1.82) is 0 Å². The summed E-state index contributed by atoms with van der Waals surface area (Å²) in [6.07, 6.45) is 1.01. The number of carboxylic acids is 1. The van der Waals surface area contributed by atoms with Gasteiger partial charge in [-0.05, 0) is 44.4 Å². The van der Waals surface area contributed by atoms with Crippen molar-refractivity contribution < 1.29 is 23.5 Å². The number of rotatable bonds is 4. The van der Waals surface area contributed by atoms with E-state index < -0.39 is 35.0 Å². The standard InChI is InChI=1S/C15H17F2NO3/c1-15(2,8-3-6-11(16)12(17)7-8)18-13(19)9-4-5-10(9)14(20)21/h3,6-7,9-10H,4-5H2,1-2H3,(H,18,19)(H,20,21). The first kappa shape index (κ1) is 15.4. The van der Waals surface area contributed by atoms with Crippen LogP contribution in [-0.4, -0.2) is 17.0 Å². The van der Waals surface area contributed by atoms with E-state index in [9.17, 15) is 18.4 Å². The summed E-state index contributed by atoms with van der Waals surface area (Å²) in [5.41, 5.74) is -0.495. The van der Waals surface area contributed by atoms with Crippen molar-refractivity contribution in [3.05, 3.63) is 35.4 Å². The maximum absolute atomic E-state index is 13.3. The molecule has 1 amide bonds. The van der Waals surface area contributed by atoms with Gasteiger partial charge in [-0.15, -0.1) is 0 Å². The zero-order valence-corrected chi connectivity index (χ0v) is 11.8. The van der Waals surface area contributed by atoms with Gasteiger partial charge in [-0.25, -0.2) is 8.78 Å². The van der Waals surface area contributed by atoms with Crippen molar-refractivity contribution >= 4 is 11.9 Å². The summed E-state index contributed by atoms with van der Waals surface area (Å²) in [6.45, 7) is 3.32. The normalized spacial score (nSPS) is 21.5. The van der Waals surface area contributed by atoms with Gasteiger partial charge < -0.3 is 10.4 Å². The average molecular weight is 297 g/mol. The second kappa shape index (κ2) is 5.42. The Bertz CT molecular complexity index is 586. The van der Waals surface area contributed by atoms with Crippen LogP contribution in [0.25, 0.3) is 0 Å². The fraction of sp³-hybridized carbons (Fsp3) is 0.467.